The van der Waals surface area contributed by atoms with Crippen molar-refractivity contribution in [2.75, 3.05) is 10.6 Å². The molecule has 3 rings (SSSR count). The van der Waals surface area contributed by atoms with E-state index in [1.807, 2.05) is 24.3 Å². The summed E-state index contributed by atoms with van der Waals surface area (Å²) in [6, 6.07) is 20.0. The standard InChI is InChI=1S/C19H13BrN4O/c20-16-7-3-2-6-15(16)19(25)23-14-9-10-18(22-12-14)24-17-8-4-1-5-13(17)11-21/h1-10,12H,(H,22,24)(H,23,25). The van der Waals surface area contributed by atoms with Crippen LogP contribution in [0.15, 0.2) is 71.3 Å². The zero-order valence-electron chi connectivity index (χ0n) is 13.0. The molecule has 6 heteroatoms. The molecule has 0 aliphatic heterocycles. The summed E-state index contributed by atoms with van der Waals surface area (Å²) in [4.78, 5) is 16.5. The Labute approximate surface area is 153 Å². The number of hydrogen-bond acceptors (Lipinski definition) is 4. The molecule has 3 aromatic rings. The van der Waals surface area contributed by atoms with Gasteiger partial charge in [-0.2, -0.15) is 5.26 Å². The maximum atomic E-state index is 12.3. The van der Waals surface area contributed by atoms with Crippen molar-refractivity contribution in [2.45, 2.75) is 0 Å². The molecule has 1 amide bonds. The number of halogens is 1. The third-order valence-corrected chi connectivity index (χ3v) is 4.14. The van der Waals surface area contributed by atoms with E-state index in [1.165, 1.54) is 0 Å². The van der Waals surface area contributed by atoms with Gasteiger partial charge in [0.2, 0.25) is 0 Å². The Balaban J connectivity index is 1.72. The largest absolute Gasteiger partial charge is 0.339 e. The Hall–Kier alpha value is -3.17. The van der Waals surface area contributed by atoms with E-state index < -0.39 is 0 Å². The topological polar surface area (TPSA) is 77.8 Å². The van der Waals surface area contributed by atoms with Gasteiger partial charge < -0.3 is 10.6 Å². The van der Waals surface area contributed by atoms with Gasteiger partial charge in [0.1, 0.15) is 11.9 Å². The van der Waals surface area contributed by atoms with Crippen molar-refractivity contribution in [1.29, 1.82) is 5.26 Å². The Bertz CT molecular complexity index is 948. The number of aromatic nitrogens is 1. The summed E-state index contributed by atoms with van der Waals surface area (Å²) in [6.07, 6.45) is 1.56. The second-order valence-electron chi connectivity index (χ2n) is 5.15. The molecule has 0 atom stereocenters. The molecule has 0 aliphatic carbocycles. The summed E-state index contributed by atoms with van der Waals surface area (Å²) in [6.45, 7) is 0. The number of carbonyl (C=O) groups excluding carboxylic acids is 1. The first kappa shape index (κ1) is 16.7. The maximum absolute atomic E-state index is 12.3. The fourth-order valence-corrected chi connectivity index (χ4v) is 2.68. The second-order valence-corrected chi connectivity index (χ2v) is 6.00. The number of benzene rings is 2. The predicted molar refractivity (Wildman–Crippen MR) is 101 cm³/mol. The van der Waals surface area contributed by atoms with Crippen LogP contribution in [0.3, 0.4) is 0 Å². The van der Waals surface area contributed by atoms with Gasteiger partial charge in [-0.3, -0.25) is 4.79 Å². The van der Waals surface area contributed by atoms with Gasteiger partial charge in [0.15, 0.2) is 0 Å². The smallest absolute Gasteiger partial charge is 0.256 e. The number of pyridine rings is 1. The minimum absolute atomic E-state index is 0.218. The van der Waals surface area contributed by atoms with E-state index in [2.05, 4.69) is 37.6 Å². The molecule has 0 saturated carbocycles. The molecular weight excluding hydrogens is 380 g/mol. The first-order chi connectivity index (χ1) is 12.2. The molecule has 2 aromatic carbocycles. The van der Waals surface area contributed by atoms with Crippen LogP contribution in [-0.4, -0.2) is 10.9 Å². The van der Waals surface area contributed by atoms with E-state index in [4.69, 9.17) is 5.26 Å². The Morgan fingerprint density at radius 3 is 2.52 bits per heavy atom. The first-order valence-electron chi connectivity index (χ1n) is 7.45. The van der Waals surface area contributed by atoms with Crippen molar-refractivity contribution in [3.05, 3.63) is 82.5 Å². The lowest BCUT2D eigenvalue weighted by Crippen LogP contribution is -2.12. The Kier molecular flexibility index (Phi) is 5.07. The van der Waals surface area contributed by atoms with Gasteiger partial charge in [-0.15, -0.1) is 0 Å². The van der Waals surface area contributed by atoms with Crippen LogP contribution in [0.25, 0.3) is 0 Å². The van der Waals surface area contributed by atoms with Crippen molar-refractivity contribution in [1.82, 2.24) is 4.98 Å². The summed E-state index contributed by atoms with van der Waals surface area (Å²) in [5, 5.41) is 15.0. The van der Waals surface area contributed by atoms with Crippen molar-refractivity contribution in [3.63, 3.8) is 0 Å². The van der Waals surface area contributed by atoms with E-state index in [0.717, 1.165) is 4.47 Å². The van der Waals surface area contributed by atoms with Gasteiger partial charge in [0, 0.05) is 4.47 Å². The number of amides is 1. The Morgan fingerprint density at radius 2 is 1.80 bits per heavy atom. The molecule has 0 radical (unpaired) electrons. The molecule has 0 aliphatic rings. The molecule has 1 heterocycles. The number of para-hydroxylation sites is 1. The van der Waals surface area contributed by atoms with Crippen molar-refractivity contribution < 1.29 is 4.79 Å². The molecule has 0 unspecified atom stereocenters. The zero-order valence-corrected chi connectivity index (χ0v) is 14.6. The maximum Gasteiger partial charge on any atom is 0.256 e. The molecule has 0 spiro atoms. The van der Waals surface area contributed by atoms with Gasteiger partial charge in [-0.05, 0) is 52.3 Å². The van der Waals surface area contributed by atoms with Gasteiger partial charge in [-0.1, -0.05) is 24.3 Å². The van der Waals surface area contributed by atoms with Gasteiger partial charge in [-0.25, -0.2) is 4.98 Å². The summed E-state index contributed by atoms with van der Waals surface area (Å²) in [5.41, 5.74) is 2.35. The number of rotatable bonds is 4. The van der Waals surface area contributed by atoms with Gasteiger partial charge in [0.05, 0.1) is 28.7 Å². The number of hydrogen-bond donors (Lipinski definition) is 2. The number of carbonyl (C=O) groups is 1. The van der Waals surface area contributed by atoms with E-state index >= 15 is 0 Å². The fraction of sp³-hybridized carbons (Fsp3) is 0. The van der Waals surface area contributed by atoms with Gasteiger partial charge in [0.25, 0.3) is 5.91 Å². The lowest BCUT2D eigenvalue weighted by atomic mass is 10.2. The lowest BCUT2D eigenvalue weighted by molar-refractivity contribution is 0.102. The highest BCUT2D eigenvalue weighted by atomic mass is 79.9. The Morgan fingerprint density at radius 1 is 1.04 bits per heavy atom. The zero-order chi connectivity index (χ0) is 17.6. The minimum atomic E-state index is -0.218. The number of nitriles is 1. The molecule has 5 nitrogen and oxygen atoms in total. The lowest BCUT2D eigenvalue weighted by Gasteiger charge is -2.09. The fourth-order valence-electron chi connectivity index (χ4n) is 2.21. The van der Waals surface area contributed by atoms with Crippen LogP contribution >= 0.6 is 15.9 Å². The number of anilines is 3. The van der Waals surface area contributed by atoms with E-state index in [-0.39, 0.29) is 5.91 Å². The third kappa shape index (κ3) is 4.03. The quantitative estimate of drug-likeness (QED) is 0.673. The van der Waals surface area contributed by atoms with Crippen LogP contribution in [0.1, 0.15) is 15.9 Å². The molecular formula is C19H13BrN4O. The average molecular weight is 393 g/mol. The number of nitrogens with zero attached hydrogens (tertiary/aromatic N) is 2. The van der Waals surface area contributed by atoms with Crippen molar-refractivity contribution in [3.8, 4) is 6.07 Å². The highest BCUT2D eigenvalue weighted by molar-refractivity contribution is 9.10. The molecule has 0 saturated heterocycles. The normalized spacial score (nSPS) is 9.92. The molecule has 0 fully saturated rings. The van der Waals surface area contributed by atoms with Crippen LogP contribution < -0.4 is 10.6 Å². The summed E-state index contributed by atoms with van der Waals surface area (Å²) >= 11 is 3.36. The number of nitrogens with one attached hydrogen (secondary N) is 2. The molecule has 0 bridgehead atoms. The monoisotopic (exact) mass is 392 g/mol. The second kappa shape index (κ2) is 7.60. The third-order valence-electron chi connectivity index (χ3n) is 3.45. The van der Waals surface area contributed by atoms with Crippen LogP contribution in [0.4, 0.5) is 17.2 Å². The van der Waals surface area contributed by atoms with E-state index in [1.54, 1.807) is 42.6 Å². The first-order valence-corrected chi connectivity index (χ1v) is 8.25. The van der Waals surface area contributed by atoms with Crippen LogP contribution in [0.2, 0.25) is 0 Å². The van der Waals surface area contributed by atoms with Crippen LogP contribution in [0.5, 0.6) is 0 Å². The highest BCUT2D eigenvalue weighted by Crippen LogP contribution is 2.21. The summed E-state index contributed by atoms with van der Waals surface area (Å²) in [7, 11) is 0. The highest BCUT2D eigenvalue weighted by Gasteiger charge is 2.09. The van der Waals surface area contributed by atoms with Gasteiger partial charge >= 0.3 is 0 Å². The molecule has 2 N–H and O–H groups in total. The van der Waals surface area contributed by atoms with Crippen LogP contribution in [0, 0.1) is 11.3 Å². The summed E-state index contributed by atoms with van der Waals surface area (Å²) < 4.78 is 0.729. The molecule has 25 heavy (non-hydrogen) atoms. The summed E-state index contributed by atoms with van der Waals surface area (Å²) in [5.74, 6) is 0.367. The predicted octanol–water partition coefficient (Wildman–Crippen LogP) is 4.71. The molecule has 122 valence electrons. The minimum Gasteiger partial charge on any atom is -0.339 e. The van der Waals surface area contributed by atoms with E-state index in [0.29, 0.717) is 28.3 Å². The van der Waals surface area contributed by atoms with E-state index in [9.17, 15) is 4.79 Å². The van der Waals surface area contributed by atoms with Crippen LogP contribution in [-0.2, 0) is 0 Å². The van der Waals surface area contributed by atoms with Crippen molar-refractivity contribution >= 4 is 39.0 Å². The van der Waals surface area contributed by atoms with Crippen molar-refractivity contribution in [2.24, 2.45) is 0 Å². The SMILES string of the molecule is N#Cc1ccccc1Nc1ccc(NC(=O)c2ccccc2Br)cn1. The average Bonchev–Trinajstić information content (AvgIpc) is 2.64. The molecule has 1 aromatic heterocycles.